The molecule has 0 aromatic heterocycles. The minimum absolute atomic E-state index is 0.0506. The molecular formula is C15H22O4. The number of carboxylic acids is 1. The van der Waals surface area contributed by atoms with Crippen LogP contribution in [0.15, 0.2) is 11.6 Å². The van der Waals surface area contributed by atoms with E-state index in [2.05, 4.69) is 6.92 Å². The van der Waals surface area contributed by atoms with Gasteiger partial charge in [0.05, 0.1) is 12.7 Å². The van der Waals surface area contributed by atoms with Crippen molar-refractivity contribution in [3.05, 3.63) is 11.6 Å². The number of aliphatic hydroxyl groups excluding tert-OH is 2. The van der Waals surface area contributed by atoms with E-state index in [0.717, 1.165) is 19.3 Å². The third kappa shape index (κ3) is 1.12. The summed E-state index contributed by atoms with van der Waals surface area (Å²) < 4.78 is 0. The first-order chi connectivity index (χ1) is 8.85. The SMILES string of the molecule is CC1CCC23CCC(O)C12C(C(=O)O)=CC3(C)CO. The lowest BCUT2D eigenvalue weighted by molar-refractivity contribution is -0.137. The molecular weight excluding hydrogens is 244 g/mol. The molecule has 0 spiro atoms. The summed E-state index contributed by atoms with van der Waals surface area (Å²) in [5.41, 5.74) is -1.11. The lowest BCUT2D eigenvalue weighted by Crippen LogP contribution is -2.49. The highest BCUT2D eigenvalue weighted by molar-refractivity contribution is 5.90. The smallest absolute Gasteiger partial charge is 0.331 e. The van der Waals surface area contributed by atoms with E-state index < -0.39 is 22.9 Å². The van der Waals surface area contributed by atoms with Gasteiger partial charge in [0, 0.05) is 16.4 Å². The number of aliphatic carboxylic acids is 1. The Labute approximate surface area is 113 Å². The molecule has 4 nitrogen and oxygen atoms in total. The number of carboxylic acid groups (broad SMARTS) is 1. The van der Waals surface area contributed by atoms with Gasteiger partial charge in [0.15, 0.2) is 0 Å². The molecule has 0 amide bonds. The largest absolute Gasteiger partial charge is 0.478 e. The van der Waals surface area contributed by atoms with Gasteiger partial charge in [-0.3, -0.25) is 0 Å². The van der Waals surface area contributed by atoms with E-state index >= 15 is 0 Å². The van der Waals surface area contributed by atoms with E-state index in [1.54, 1.807) is 6.08 Å². The van der Waals surface area contributed by atoms with Gasteiger partial charge in [-0.15, -0.1) is 0 Å². The van der Waals surface area contributed by atoms with Gasteiger partial charge in [0.2, 0.25) is 0 Å². The second-order valence-corrected chi connectivity index (χ2v) is 6.88. The second kappa shape index (κ2) is 3.61. The first-order valence-corrected chi connectivity index (χ1v) is 7.11. The number of hydrogen-bond acceptors (Lipinski definition) is 3. The van der Waals surface area contributed by atoms with Crippen molar-refractivity contribution >= 4 is 5.97 Å². The molecule has 19 heavy (non-hydrogen) atoms. The Bertz CT molecular complexity index is 453. The zero-order valence-electron chi connectivity index (χ0n) is 11.5. The molecule has 0 bridgehead atoms. The molecule has 0 aromatic carbocycles. The van der Waals surface area contributed by atoms with E-state index in [-0.39, 0.29) is 17.9 Å². The highest BCUT2D eigenvalue weighted by atomic mass is 16.4. The Balaban J connectivity index is 2.28. The number of carbonyl (C=O) groups is 1. The van der Waals surface area contributed by atoms with Crippen molar-refractivity contribution in [3.63, 3.8) is 0 Å². The zero-order valence-corrected chi connectivity index (χ0v) is 11.5. The maximum atomic E-state index is 11.7. The van der Waals surface area contributed by atoms with Crippen LogP contribution in [-0.4, -0.2) is 34.0 Å². The van der Waals surface area contributed by atoms with Crippen LogP contribution >= 0.6 is 0 Å². The van der Waals surface area contributed by atoms with Gasteiger partial charge < -0.3 is 15.3 Å². The Morgan fingerprint density at radius 1 is 1.42 bits per heavy atom. The fourth-order valence-electron chi connectivity index (χ4n) is 5.72. The molecule has 0 radical (unpaired) electrons. The summed E-state index contributed by atoms with van der Waals surface area (Å²) in [6.07, 6.45) is 4.42. The summed E-state index contributed by atoms with van der Waals surface area (Å²) in [7, 11) is 0. The van der Waals surface area contributed by atoms with Crippen molar-refractivity contribution in [1.82, 2.24) is 0 Å². The van der Waals surface area contributed by atoms with E-state index in [4.69, 9.17) is 0 Å². The van der Waals surface area contributed by atoms with Gasteiger partial charge in [-0.1, -0.05) is 19.9 Å². The van der Waals surface area contributed by atoms with Gasteiger partial charge in [0.1, 0.15) is 0 Å². The van der Waals surface area contributed by atoms with Crippen LogP contribution < -0.4 is 0 Å². The summed E-state index contributed by atoms with van der Waals surface area (Å²) in [5.74, 6) is -0.781. The number of hydrogen-bond donors (Lipinski definition) is 3. The highest BCUT2D eigenvalue weighted by Crippen LogP contribution is 2.77. The summed E-state index contributed by atoms with van der Waals surface area (Å²) in [6.45, 7) is 3.95. The van der Waals surface area contributed by atoms with E-state index in [1.807, 2.05) is 6.92 Å². The summed E-state index contributed by atoms with van der Waals surface area (Å²) in [4.78, 5) is 11.7. The molecule has 0 aromatic rings. The molecule has 0 heterocycles. The molecule has 5 atom stereocenters. The van der Waals surface area contributed by atoms with Gasteiger partial charge in [-0.25, -0.2) is 4.79 Å². The Morgan fingerprint density at radius 3 is 2.63 bits per heavy atom. The van der Waals surface area contributed by atoms with E-state index in [0.29, 0.717) is 12.0 Å². The van der Waals surface area contributed by atoms with Crippen molar-refractivity contribution in [2.75, 3.05) is 6.61 Å². The van der Waals surface area contributed by atoms with Gasteiger partial charge in [-0.05, 0) is 37.0 Å². The minimum Gasteiger partial charge on any atom is -0.478 e. The zero-order chi connectivity index (χ0) is 14.1. The quantitative estimate of drug-likeness (QED) is 0.709. The van der Waals surface area contributed by atoms with Crippen LogP contribution in [0.4, 0.5) is 0 Å². The van der Waals surface area contributed by atoms with Crippen LogP contribution in [0.25, 0.3) is 0 Å². The average Bonchev–Trinajstić information content (AvgIpc) is 2.91. The minimum atomic E-state index is -0.934. The predicted octanol–water partition coefficient (Wildman–Crippen LogP) is 1.57. The first-order valence-electron chi connectivity index (χ1n) is 7.11. The Morgan fingerprint density at radius 2 is 2.05 bits per heavy atom. The fraction of sp³-hybridized carbons (Fsp3) is 0.800. The van der Waals surface area contributed by atoms with Gasteiger partial charge in [0.25, 0.3) is 0 Å². The number of aliphatic hydroxyl groups is 2. The topological polar surface area (TPSA) is 77.8 Å². The summed E-state index contributed by atoms with van der Waals surface area (Å²) in [6, 6.07) is 0. The van der Waals surface area contributed by atoms with Crippen LogP contribution in [0, 0.1) is 22.2 Å². The van der Waals surface area contributed by atoms with Crippen molar-refractivity contribution in [2.24, 2.45) is 22.2 Å². The third-order valence-corrected chi connectivity index (χ3v) is 6.50. The van der Waals surface area contributed by atoms with Crippen LogP contribution in [0.5, 0.6) is 0 Å². The molecule has 2 fully saturated rings. The van der Waals surface area contributed by atoms with Crippen molar-refractivity contribution in [1.29, 1.82) is 0 Å². The molecule has 3 aliphatic carbocycles. The Hall–Kier alpha value is -0.870. The lowest BCUT2D eigenvalue weighted by atomic mass is 9.56. The molecule has 5 unspecified atom stereocenters. The predicted molar refractivity (Wildman–Crippen MR) is 69.4 cm³/mol. The Kier molecular flexibility index (Phi) is 2.50. The first kappa shape index (κ1) is 13.1. The maximum Gasteiger partial charge on any atom is 0.331 e. The van der Waals surface area contributed by atoms with Crippen LogP contribution in [0.1, 0.15) is 39.5 Å². The molecule has 3 rings (SSSR count). The highest BCUT2D eigenvalue weighted by Gasteiger charge is 2.76. The normalized spacial score (nSPS) is 51.9. The second-order valence-electron chi connectivity index (χ2n) is 6.88. The van der Waals surface area contributed by atoms with Gasteiger partial charge in [-0.2, -0.15) is 0 Å². The molecule has 0 aliphatic heterocycles. The third-order valence-electron chi connectivity index (χ3n) is 6.50. The van der Waals surface area contributed by atoms with Crippen molar-refractivity contribution in [3.8, 4) is 0 Å². The van der Waals surface area contributed by atoms with Crippen molar-refractivity contribution < 1.29 is 20.1 Å². The molecule has 4 heteroatoms. The number of rotatable bonds is 2. The van der Waals surface area contributed by atoms with Crippen LogP contribution in [0.2, 0.25) is 0 Å². The monoisotopic (exact) mass is 266 g/mol. The average molecular weight is 266 g/mol. The van der Waals surface area contributed by atoms with Crippen molar-refractivity contribution in [2.45, 2.75) is 45.6 Å². The summed E-state index contributed by atoms with van der Waals surface area (Å²) >= 11 is 0. The van der Waals surface area contributed by atoms with E-state index in [1.165, 1.54) is 0 Å². The fourth-order valence-corrected chi connectivity index (χ4v) is 5.72. The van der Waals surface area contributed by atoms with Crippen LogP contribution in [-0.2, 0) is 4.79 Å². The summed E-state index contributed by atoms with van der Waals surface area (Å²) in [5, 5.41) is 30.1. The lowest BCUT2D eigenvalue weighted by Gasteiger charge is -2.47. The molecule has 2 saturated carbocycles. The standard InChI is InChI=1S/C15H22O4/c1-9-3-5-14-6-4-11(17)15(9,14)10(12(18)19)7-13(14,2)8-16/h7,9,11,16-17H,3-6,8H2,1-2H3,(H,18,19). The van der Waals surface area contributed by atoms with Crippen LogP contribution in [0.3, 0.4) is 0 Å². The molecule has 3 aliphatic rings. The van der Waals surface area contributed by atoms with E-state index in [9.17, 15) is 20.1 Å². The molecule has 3 N–H and O–H groups in total. The molecule has 106 valence electrons. The molecule has 0 saturated heterocycles. The van der Waals surface area contributed by atoms with Gasteiger partial charge >= 0.3 is 5.97 Å². The maximum absolute atomic E-state index is 11.7.